The summed E-state index contributed by atoms with van der Waals surface area (Å²) < 4.78 is 0. The fraction of sp³-hybridized carbons (Fsp3) is 0.222. The summed E-state index contributed by atoms with van der Waals surface area (Å²) in [7, 11) is 0. The van der Waals surface area contributed by atoms with Gasteiger partial charge in [-0.2, -0.15) is 0 Å². The van der Waals surface area contributed by atoms with Crippen LogP contribution in [0.15, 0.2) is 36.3 Å². The lowest BCUT2D eigenvalue weighted by molar-refractivity contribution is 1.09. The Balaban J connectivity index is 0.00000121. The van der Waals surface area contributed by atoms with Crippen LogP contribution in [-0.4, -0.2) is 4.98 Å². The van der Waals surface area contributed by atoms with E-state index in [4.69, 9.17) is 5.73 Å². The molecule has 2 N–H and O–H groups in total. The average Bonchev–Trinajstić information content (AvgIpc) is 2.06. The van der Waals surface area contributed by atoms with Crippen molar-refractivity contribution in [3.63, 3.8) is 0 Å². The lowest BCUT2D eigenvalue weighted by atomic mass is 10.1. The minimum Gasteiger partial charge on any atom is -0.402 e. The van der Waals surface area contributed by atoms with Crippen molar-refractivity contribution in [1.29, 1.82) is 0 Å². The van der Waals surface area contributed by atoms with Crippen LogP contribution in [0.3, 0.4) is 0 Å². The molecule has 2 nitrogen and oxygen atoms in total. The Morgan fingerprint density at radius 2 is 2.27 bits per heavy atom. The lowest BCUT2D eigenvalue weighted by Crippen LogP contribution is -2.00. The van der Waals surface area contributed by atoms with Crippen LogP contribution in [0.25, 0.3) is 0 Å². The number of pyridine rings is 1. The predicted octanol–water partition coefficient (Wildman–Crippen LogP) is 1.73. The Hall–Kier alpha value is -1.31. The van der Waals surface area contributed by atoms with E-state index in [1.807, 2.05) is 25.1 Å². The van der Waals surface area contributed by atoms with E-state index in [0.717, 1.165) is 12.1 Å². The molecule has 0 saturated carbocycles. The molecule has 0 saturated heterocycles. The number of nitrogens with zero attached hydrogens (tertiary/aromatic N) is 1. The van der Waals surface area contributed by atoms with Gasteiger partial charge < -0.3 is 5.73 Å². The van der Waals surface area contributed by atoms with Crippen molar-refractivity contribution >= 4 is 0 Å². The Bertz CT molecular complexity index is 244. The largest absolute Gasteiger partial charge is 0.402 e. The zero-order chi connectivity index (χ0) is 8.10. The number of nitrogens with two attached hydrogens (primary N) is 1. The average molecular weight is 150 g/mol. The van der Waals surface area contributed by atoms with Crippen LogP contribution in [0, 0.1) is 0 Å². The third kappa shape index (κ3) is 2.42. The molecule has 1 heterocycles. The van der Waals surface area contributed by atoms with E-state index in [1.165, 1.54) is 5.56 Å². The normalized spacial score (nSPS) is 11.5. The van der Waals surface area contributed by atoms with E-state index in [2.05, 4.69) is 4.98 Å². The molecule has 1 aromatic heterocycles. The Morgan fingerprint density at radius 1 is 1.64 bits per heavy atom. The molecule has 0 fully saturated rings. The fourth-order valence-electron chi connectivity index (χ4n) is 0.838. The molecule has 0 radical (unpaired) electrons. The standard InChI is InChI=1S/C9H12N2.H2/c1-2-9(10)7-8-3-5-11-6-4-8;/h2-6H,7,10H2,1H3;1H/b9-2+;. The molecule has 0 spiro atoms. The molecule has 0 aliphatic heterocycles. The first kappa shape index (κ1) is 7.79. The fourth-order valence-corrected chi connectivity index (χ4v) is 0.838. The first-order valence-electron chi connectivity index (χ1n) is 3.62. The van der Waals surface area contributed by atoms with Gasteiger partial charge in [0.05, 0.1) is 0 Å². The molecule has 0 amide bonds. The second-order valence-electron chi connectivity index (χ2n) is 2.40. The highest BCUT2D eigenvalue weighted by Gasteiger charge is 1.91. The Labute approximate surface area is 68.2 Å². The van der Waals surface area contributed by atoms with Crippen LogP contribution in [0.4, 0.5) is 0 Å². The molecule has 1 rings (SSSR count). The topological polar surface area (TPSA) is 38.9 Å². The molecule has 1 aromatic rings. The van der Waals surface area contributed by atoms with E-state index < -0.39 is 0 Å². The van der Waals surface area contributed by atoms with Crippen molar-refractivity contribution in [1.82, 2.24) is 4.98 Å². The van der Waals surface area contributed by atoms with Crippen molar-refractivity contribution in [3.05, 3.63) is 41.9 Å². The quantitative estimate of drug-likeness (QED) is 0.697. The molecule has 0 aromatic carbocycles. The number of rotatable bonds is 2. The summed E-state index contributed by atoms with van der Waals surface area (Å²) in [4.78, 5) is 3.92. The van der Waals surface area contributed by atoms with E-state index in [9.17, 15) is 0 Å². The highest BCUT2D eigenvalue weighted by molar-refractivity contribution is 5.16. The van der Waals surface area contributed by atoms with Crippen LogP contribution >= 0.6 is 0 Å². The molecule has 0 atom stereocenters. The molecule has 11 heavy (non-hydrogen) atoms. The minimum atomic E-state index is 0. The monoisotopic (exact) mass is 150 g/mol. The molecular formula is C9H14N2. The van der Waals surface area contributed by atoms with Gasteiger partial charge in [-0.15, -0.1) is 0 Å². The highest BCUT2D eigenvalue weighted by Crippen LogP contribution is 2.01. The van der Waals surface area contributed by atoms with Gasteiger partial charge in [-0.05, 0) is 24.6 Å². The van der Waals surface area contributed by atoms with Crippen LogP contribution in [-0.2, 0) is 6.42 Å². The third-order valence-electron chi connectivity index (χ3n) is 1.53. The van der Waals surface area contributed by atoms with Crippen LogP contribution in [0.1, 0.15) is 13.9 Å². The summed E-state index contributed by atoms with van der Waals surface area (Å²) in [5.41, 5.74) is 7.75. The van der Waals surface area contributed by atoms with Crippen LogP contribution in [0.2, 0.25) is 0 Å². The third-order valence-corrected chi connectivity index (χ3v) is 1.53. The Kier molecular flexibility index (Phi) is 2.66. The molecule has 0 bridgehead atoms. The summed E-state index contributed by atoms with van der Waals surface area (Å²) in [6, 6.07) is 3.94. The van der Waals surface area contributed by atoms with Gasteiger partial charge in [0.2, 0.25) is 0 Å². The van der Waals surface area contributed by atoms with Gasteiger partial charge >= 0.3 is 0 Å². The summed E-state index contributed by atoms with van der Waals surface area (Å²) in [6.45, 7) is 1.94. The molecule has 0 unspecified atom stereocenters. The SMILES string of the molecule is C/C=C(/N)Cc1ccncc1.[HH]. The van der Waals surface area contributed by atoms with E-state index >= 15 is 0 Å². The van der Waals surface area contributed by atoms with Crippen LogP contribution in [0.5, 0.6) is 0 Å². The maximum atomic E-state index is 5.65. The molecule has 0 aliphatic carbocycles. The van der Waals surface area contributed by atoms with Gasteiger partial charge in [-0.3, -0.25) is 4.98 Å². The summed E-state index contributed by atoms with van der Waals surface area (Å²) in [5.74, 6) is 0. The molecule has 2 heteroatoms. The maximum absolute atomic E-state index is 5.65. The van der Waals surface area contributed by atoms with Crippen LogP contribution < -0.4 is 5.73 Å². The maximum Gasteiger partial charge on any atom is 0.0270 e. The van der Waals surface area contributed by atoms with Crippen molar-refractivity contribution in [2.75, 3.05) is 0 Å². The van der Waals surface area contributed by atoms with E-state index in [-0.39, 0.29) is 1.43 Å². The van der Waals surface area contributed by atoms with Gasteiger partial charge in [0.25, 0.3) is 0 Å². The van der Waals surface area contributed by atoms with Gasteiger partial charge in [-0.1, -0.05) is 6.08 Å². The Morgan fingerprint density at radius 3 is 2.82 bits per heavy atom. The number of hydrogen-bond donors (Lipinski definition) is 1. The smallest absolute Gasteiger partial charge is 0.0270 e. The van der Waals surface area contributed by atoms with Crippen molar-refractivity contribution in [2.45, 2.75) is 13.3 Å². The lowest BCUT2D eigenvalue weighted by Gasteiger charge is -1.98. The number of allylic oxidation sites excluding steroid dienone is 2. The highest BCUT2D eigenvalue weighted by atomic mass is 14.6. The number of aromatic nitrogens is 1. The van der Waals surface area contributed by atoms with Crippen molar-refractivity contribution < 1.29 is 1.43 Å². The zero-order valence-electron chi connectivity index (χ0n) is 6.62. The van der Waals surface area contributed by atoms with E-state index in [1.54, 1.807) is 12.4 Å². The summed E-state index contributed by atoms with van der Waals surface area (Å²) >= 11 is 0. The molecule has 0 aliphatic rings. The first-order chi connectivity index (χ1) is 5.33. The van der Waals surface area contributed by atoms with Crippen molar-refractivity contribution in [3.8, 4) is 0 Å². The summed E-state index contributed by atoms with van der Waals surface area (Å²) in [5, 5.41) is 0. The summed E-state index contributed by atoms with van der Waals surface area (Å²) in [6.07, 6.45) is 6.29. The molecule has 60 valence electrons. The van der Waals surface area contributed by atoms with Gasteiger partial charge in [0, 0.05) is 25.9 Å². The zero-order valence-corrected chi connectivity index (χ0v) is 6.62. The second-order valence-corrected chi connectivity index (χ2v) is 2.40. The van der Waals surface area contributed by atoms with Crippen molar-refractivity contribution in [2.24, 2.45) is 5.73 Å². The van der Waals surface area contributed by atoms with E-state index in [0.29, 0.717) is 0 Å². The molecular weight excluding hydrogens is 136 g/mol. The second kappa shape index (κ2) is 3.76. The first-order valence-corrected chi connectivity index (χ1v) is 3.62. The van der Waals surface area contributed by atoms with Gasteiger partial charge in [0.1, 0.15) is 0 Å². The minimum absolute atomic E-state index is 0. The number of hydrogen-bond acceptors (Lipinski definition) is 2. The predicted molar refractivity (Wildman–Crippen MR) is 48.0 cm³/mol. The van der Waals surface area contributed by atoms with Gasteiger partial charge in [0.15, 0.2) is 0 Å². The van der Waals surface area contributed by atoms with Gasteiger partial charge in [-0.25, -0.2) is 0 Å².